The smallest absolute Gasteiger partial charge is 0.136 e. The van der Waals surface area contributed by atoms with Crippen LogP contribution in [0.3, 0.4) is 0 Å². The van der Waals surface area contributed by atoms with Gasteiger partial charge in [-0.15, -0.1) is 0 Å². The molecule has 0 radical (unpaired) electrons. The van der Waals surface area contributed by atoms with E-state index in [9.17, 15) is 4.79 Å². The maximum Gasteiger partial charge on any atom is 0.136 e. The van der Waals surface area contributed by atoms with Crippen LogP contribution in [0.25, 0.3) is 0 Å². The minimum atomic E-state index is -0.322. The standard InChI is InChI=1S/C15H30O2.C3H8N2/c1-12(2)8-9-17-15(6,7)11-13(16)10-14(3,4)5;1-3(5)2-4/h12H,8-11H2,1-7H3;1-2,4-5H2. The van der Waals surface area contributed by atoms with E-state index in [1.165, 1.54) is 0 Å². The summed E-state index contributed by atoms with van der Waals surface area (Å²) in [4.78, 5) is 11.9. The van der Waals surface area contributed by atoms with E-state index in [-0.39, 0.29) is 11.0 Å². The van der Waals surface area contributed by atoms with Gasteiger partial charge >= 0.3 is 0 Å². The Morgan fingerprint density at radius 2 is 1.59 bits per heavy atom. The highest BCUT2D eigenvalue weighted by Gasteiger charge is 2.25. The summed E-state index contributed by atoms with van der Waals surface area (Å²) in [7, 11) is 0. The predicted octanol–water partition coefficient (Wildman–Crippen LogP) is 3.64. The molecule has 4 heteroatoms. The first-order chi connectivity index (χ1) is 9.79. The zero-order chi connectivity index (χ0) is 18.0. The maximum atomic E-state index is 11.9. The lowest BCUT2D eigenvalue weighted by Gasteiger charge is -2.27. The van der Waals surface area contributed by atoms with Crippen molar-refractivity contribution in [1.29, 1.82) is 0 Å². The summed E-state index contributed by atoms with van der Waals surface area (Å²) in [6.45, 7) is 19.1. The lowest BCUT2D eigenvalue weighted by Crippen LogP contribution is -2.30. The highest BCUT2D eigenvalue weighted by atomic mass is 16.5. The molecule has 0 atom stereocenters. The van der Waals surface area contributed by atoms with Gasteiger partial charge in [-0.25, -0.2) is 0 Å². The van der Waals surface area contributed by atoms with Crippen LogP contribution in [0.5, 0.6) is 0 Å². The number of Topliss-reactive ketones (excluding diaryl/α,β-unsaturated/α-hetero) is 1. The first kappa shape index (κ1) is 23.4. The van der Waals surface area contributed by atoms with Crippen LogP contribution in [0.1, 0.15) is 67.7 Å². The van der Waals surface area contributed by atoms with Gasteiger partial charge in [0.2, 0.25) is 0 Å². The van der Waals surface area contributed by atoms with Gasteiger partial charge in [-0.1, -0.05) is 41.2 Å². The molecule has 0 saturated carbocycles. The highest BCUT2D eigenvalue weighted by molar-refractivity contribution is 5.79. The van der Waals surface area contributed by atoms with Crippen LogP contribution >= 0.6 is 0 Å². The molecular formula is C18H38N2O2. The predicted molar refractivity (Wildman–Crippen MR) is 95.6 cm³/mol. The SMILES string of the molecule is C=C(N)CN.CC(C)CCOC(C)(C)CC(=O)CC(C)(C)C. The zero-order valence-electron chi connectivity index (χ0n) is 15.8. The van der Waals surface area contributed by atoms with Crippen LogP contribution in [0, 0.1) is 11.3 Å². The molecule has 0 aliphatic carbocycles. The van der Waals surface area contributed by atoms with Crippen molar-refractivity contribution in [3.05, 3.63) is 12.3 Å². The molecule has 0 amide bonds. The van der Waals surface area contributed by atoms with Crippen molar-refractivity contribution in [2.45, 2.75) is 73.3 Å². The molecule has 0 spiro atoms. The molecule has 0 bridgehead atoms. The third-order valence-electron chi connectivity index (χ3n) is 2.80. The topological polar surface area (TPSA) is 78.3 Å². The summed E-state index contributed by atoms with van der Waals surface area (Å²) in [6, 6.07) is 0. The second kappa shape index (κ2) is 10.8. The van der Waals surface area contributed by atoms with E-state index in [2.05, 4.69) is 41.2 Å². The van der Waals surface area contributed by atoms with E-state index in [0.717, 1.165) is 13.0 Å². The van der Waals surface area contributed by atoms with Crippen molar-refractivity contribution in [2.75, 3.05) is 13.2 Å². The molecule has 0 aromatic carbocycles. The Balaban J connectivity index is 0. The average Bonchev–Trinajstić information content (AvgIpc) is 2.24. The fourth-order valence-corrected chi connectivity index (χ4v) is 1.75. The molecule has 0 heterocycles. The van der Waals surface area contributed by atoms with Crippen LogP contribution in [0.4, 0.5) is 0 Å². The fourth-order valence-electron chi connectivity index (χ4n) is 1.75. The second-order valence-corrected chi connectivity index (χ2v) is 8.11. The Morgan fingerprint density at radius 1 is 1.14 bits per heavy atom. The number of hydrogen-bond acceptors (Lipinski definition) is 4. The monoisotopic (exact) mass is 314 g/mol. The summed E-state index contributed by atoms with van der Waals surface area (Å²) in [5.41, 5.74) is 10.2. The van der Waals surface area contributed by atoms with Crippen LogP contribution < -0.4 is 11.5 Å². The number of nitrogens with two attached hydrogens (primary N) is 2. The normalized spacial score (nSPS) is 11.9. The lowest BCUT2D eigenvalue weighted by atomic mass is 9.86. The van der Waals surface area contributed by atoms with Gasteiger partial charge in [-0.05, 0) is 31.6 Å². The molecule has 0 saturated heterocycles. The molecule has 0 fully saturated rings. The van der Waals surface area contributed by atoms with Gasteiger partial charge in [-0.3, -0.25) is 4.79 Å². The fraction of sp³-hybridized carbons (Fsp3) is 0.833. The first-order valence-corrected chi connectivity index (χ1v) is 8.08. The van der Waals surface area contributed by atoms with Crippen LogP contribution in [-0.4, -0.2) is 24.5 Å². The molecule has 0 rings (SSSR count). The van der Waals surface area contributed by atoms with E-state index < -0.39 is 0 Å². The van der Waals surface area contributed by atoms with E-state index in [1.807, 2.05) is 13.8 Å². The molecule has 0 aromatic rings. The van der Waals surface area contributed by atoms with Crippen molar-refractivity contribution in [3.8, 4) is 0 Å². The van der Waals surface area contributed by atoms with Crippen molar-refractivity contribution in [3.63, 3.8) is 0 Å². The quantitative estimate of drug-likeness (QED) is 0.717. The largest absolute Gasteiger partial charge is 0.401 e. The van der Waals surface area contributed by atoms with Gasteiger partial charge in [0.05, 0.1) is 5.60 Å². The van der Waals surface area contributed by atoms with E-state index >= 15 is 0 Å². The van der Waals surface area contributed by atoms with E-state index in [0.29, 0.717) is 36.8 Å². The van der Waals surface area contributed by atoms with Gasteiger partial charge in [0.25, 0.3) is 0 Å². The number of carbonyl (C=O) groups is 1. The molecular weight excluding hydrogens is 276 g/mol. The van der Waals surface area contributed by atoms with E-state index in [1.54, 1.807) is 0 Å². The number of ether oxygens (including phenoxy) is 1. The number of rotatable bonds is 8. The van der Waals surface area contributed by atoms with Crippen molar-refractivity contribution in [2.24, 2.45) is 22.8 Å². The summed E-state index contributed by atoms with van der Waals surface area (Å²) >= 11 is 0. The third kappa shape index (κ3) is 19.1. The van der Waals surface area contributed by atoms with Crippen LogP contribution in [-0.2, 0) is 9.53 Å². The van der Waals surface area contributed by atoms with Crippen molar-refractivity contribution in [1.82, 2.24) is 0 Å². The Hall–Kier alpha value is -0.870. The third-order valence-corrected chi connectivity index (χ3v) is 2.80. The minimum Gasteiger partial charge on any atom is -0.401 e. The lowest BCUT2D eigenvalue weighted by molar-refractivity contribution is -0.127. The number of hydrogen-bond donors (Lipinski definition) is 2. The molecule has 0 aliphatic heterocycles. The summed E-state index contributed by atoms with van der Waals surface area (Å²) < 4.78 is 5.80. The molecule has 0 aromatic heterocycles. The molecule has 4 N–H and O–H groups in total. The summed E-state index contributed by atoms with van der Waals surface area (Å²) in [5, 5.41) is 0. The van der Waals surface area contributed by atoms with Gasteiger partial charge in [0, 0.05) is 31.7 Å². The molecule has 0 unspecified atom stereocenters. The molecule has 22 heavy (non-hydrogen) atoms. The number of carbonyl (C=O) groups excluding carboxylic acids is 1. The highest BCUT2D eigenvalue weighted by Crippen LogP contribution is 2.24. The average molecular weight is 315 g/mol. The molecule has 132 valence electrons. The maximum absolute atomic E-state index is 11.9. The molecule has 0 aliphatic rings. The van der Waals surface area contributed by atoms with Crippen LogP contribution in [0.2, 0.25) is 0 Å². The summed E-state index contributed by atoms with van der Waals surface area (Å²) in [6.07, 6.45) is 2.20. The van der Waals surface area contributed by atoms with Gasteiger partial charge < -0.3 is 16.2 Å². The second-order valence-electron chi connectivity index (χ2n) is 8.11. The van der Waals surface area contributed by atoms with Gasteiger partial charge in [0.15, 0.2) is 0 Å². The van der Waals surface area contributed by atoms with E-state index in [4.69, 9.17) is 16.2 Å². The Morgan fingerprint density at radius 3 is 1.91 bits per heavy atom. The van der Waals surface area contributed by atoms with Crippen molar-refractivity contribution < 1.29 is 9.53 Å². The number of ketones is 1. The summed E-state index contributed by atoms with van der Waals surface area (Å²) in [5.74, 6) is 0.947. The van der Waals surface area contributed by atoms with Gasteiger partial charge in [0.1, 0.15) is 5.78 Å². The minimum absolute atomic E-state index is 0.0745. The Labute approximate surface area is 137 Å². The Kier molecular flexibility index (Phi) is 11.5. The van der Waals surface area contributed by atoms with Gasteiger partial charge in [-0.2, -0.15) is 0 Å². The Bertz CT molecular complexity index is 328. The van der Waals surface area contributed by atoms with Crippen LogP contribution in [0.15, 0.2) is 12.3 Å². The van der Waals surface area contributed by atoms with Crippen molar-refractivity contribution >= 4 is 5.78 Å². The first-order valence-electron chi connectivity index (χ1n) is 8.08. The zero-order valence-corrected chi connectivity index (χ0v) is 15.8. The molecule has 4 nitrogen and oxygen atoms in total.